The Kier molecular flexibility index (Phi) is 10.1. The van der Waals surface area contributed by atoms with Crippen molar-refractivity contribution in [3.63, 3.8) is 0 Å². The number of aliphatic hydroxyl groups excluding tert-OH is 2. The number of oxazole rings is 1. The number of anilines is 1. The van der Waals surface area contributed by atoms with Gasteiger partial charge in [0, 0.05) is 18.7 Å². The zero-order chi connectivity index (χ0) is 30.3. The van der Waals surface area contributed by atoms with Crippen LogP contribution >= 0.6 is 0 Å². The highest BCUT2D eigenvalue weighted by Crippen LogP contribution is 2.18. The molecule has 3 aromatic rings. The van der Waals surface area contributed by atoms with Crippen molar-refractivity contribution < 1.29 is 41.4 Å². The number of nitrogens with zero attached hydrogens (tertiary/aromatic N) is 3. The number of amides is 2. The maximum absolute atomic E-state index is 13.9. The number of nitrogens with one attached hydrogen (secondary N) is 2. The Bertz CT molecular complexity index is 1510. The third kappa shape index (κ3) is 8.30. The standard InChI is InChI=1S/C26H27F2N5O7S/c1-33(41(2,38)39)26-32-21(14-40-26)25(37)31-20(12-15-10-17(27)13-18(28)11-15)23(35)22(34)19(8-9-29)30-24(36)16-6-4-3-5-7-16/h3-7,10-11,13-14,19-20,22-23,34-35H,8,12H2,1-2H3,(H,30,36)(H,31,37)/t19-,20+,22-,23-/m1/s1. The largest absolute Gasteiger partial charge is 0.430 e. The van der Waals surface area contributed by atoms with E-state index in [1.54, 1.807) is 18.2 Å². The molecule has 12 nitrogen and oxygen atoms in total. The molecule has 15 heteroatoms. The van der Waals surface area contributed by atoms with Crippen LogP contribution in [0.5, 0.6) is 0 Å². The van der Waals surface area contributed by atoms with Crippen LogP contribution < -0.4 is 14.9 Å². The first-order chi connectivity index (χ1) is 19.3. The summed E-state index contributed by atoms with van der Waals surface area (Å²) in [4.78, 5) is 29.4. The maximum atomic E-state index is 13.9. The third-order valence-corrected chi connectivity index (χ3v) is 7.18. The molecule has 218 valence electrons. The lowest BCUT2D eigenvalue weighted by atomic mass is 9.92. The zero-order valence-electron chi connectivity index (χ0n) is 21.9. The highest BCUT2D eigenvalue weighted by atomic mass is 32.2. The minimum absolute atomic E-state index is 0.00172. The van der Waals surface area contributed by atoms with Crippen LogP contribution in [0.2, 0.25) is 0 Å². The Labute approximate surface area is 234 Å². The Morgan fingerprint density at radius 1 is 1.05 bits per heavy atom. The van der Waals surface area contributed by atoms with Gasteiger partial charge in [0.05, 0.1) is 30.8 Å². The van der Waals surface area contributed by atoms with Gasteiger partial charge < -0.3 is 25.3 Å². The quantitative estimate of drug-likeness (QED) is 0.240. The van der Waals surface area contributed by atoms with E-state index in [0.717, 1.165) is 31.7 Å². The highest BCUT2D eigenvalue weighted by Gasteiger charge is 2.35. The van der Waals surface area contributed by atoms with Crippen molar-refractivity contribution in [1.82, 2.24) is 15.6 Å². The van der Waals surface area contributed by atoms with Gasteiger partial charge in [0.25, 0.3) is 11.8 Å². The SMILES string of the molecule is CN(c1nc(C(=O)N[C@@H](Cc2cc(F)cc(F)c2)[C@@H](O)[C@H](O)[C@@H](CC#N)NC(=O)c2ccccc2)co1)S(C)(=O)=O. The lowest BCUT2D eigenvalue weighted by molar-refractivity contribution is -0.0212. The minimum Gasteiger partial charge on any atom is -0.430 e. The van der Waals surface area contributed by atoms with Gasteiger partial charge >= 0.3 is 6.01 Å². The van der Waals surface area contributed by atoms with Gasteiger partial charge in [-0.2, -0.15) is 10.2 Å². The molecular formula is C26H27F2N5O7S. The molecular weight excluding hydrogens is 564 g/mol. The van der Waals surface area contributed by atoms with Crippen LogP contribution in [0, 0.1) is 23.0 Å². The van der Waals surface area contributed by atoms with Crippen LogP contribution in [0.25, 0.3) is 0 Å². The van der Waals surface area contributed by atoms with E-state index >= 15 is 0 Å². The van der Waals surface area contributed by atoms with E-state index in [0.29, 0.717) is 10.4 Å². The summed E-state index contributed by atoms with van der Waals surface area (Å²) in [5.74, 6) is -3.49. The molecule has 1 heterocycles. The van der Waals surface area contributed by atoms with E-state index in [9.17, 15) is 42.3 Å². The van der Waals surface area contributed by atoms with E-state index in [2.05, 4.69) is 15.6 Å². The van der Waals surface area contributed by atoms with Crippen molar-refractivity contribution in [2.45, 2.75) is 37.1 Å². The number of hydrogen-bond acceptors (Lipinski definition) is 9. The second-order valence-corrected chi connectivity index (χ2v) is 11.1. The molecule has 4 N–H and O–H groups in total. The van der Waals surface area contributed by atoms with Crippen LogP contribution in [0.3, 0.4) is 0 Å². The minimum atomic E-state index is -3.77. The van der Waals surface area contributed by atoms with E-state index in [4.69, 9.17) is 4.42 Å². The summed E-state index contributed by atoms with van der Waals surface area (Å²) in [6.45, 7) is 0. The molecule has 2 amide bonds. The van der Waals surface area contributed by atoms with E-state index in [1.807, 2.05) is 6.07 Å². The fraction of sp³-hybridized carbons (Fsp3) is 0.308. The van der Waals surface area contributed by atoms with Crippen LogP contribution in [0.15, 0.2) is 59.2 Å². The molecule has 0 radical (unpaired) electrons. The zero-order valence-corrected chi connectivity index (χ0v) is 22.7. The Morgan fingerprint density at radius 3 is 2.22 bits per heavy atom. The van der Waals surface area contributed by atoms with Crippen molar-refractivity contribution in [3.8, 4) is 6.07 Å². The van der Waals surface area contributed by atoms with Gasteiger partial charge in [-0.3, -0.25) is 9.59 Å². The van der Waals surface area contributed by atoms with Crippen LogP contribution in [-0.4, -0.2) is 73.0 Å². The average molecular weight is 592 g/mol. The fourth-order valence-corrected chi connectivity index (χ4v) is 4.18. The summed E-state index contributed by atoms with van der Waals surface area (Å²) >= 11 is 0. The van der Waals surface area contributed by atoms with Crippen LogP contribution in [-0.2, 0) is 16.4 Å². The summed E-state index contributed by atoms with van der Waals surface area (Å²) in [6, 6.07) is 9.05. The first-order valence-corrected chi connectivity index (χ1v) is 13.9. The number of nitriles is 1. The molecule has 4 atom stereocenters. The fourth-order valence-electron chi connectivity index (χ4n) is 3.81. The molecule has 3 rings (SSSR count). The van der Waals surface area contributed by atoms with Gasteiger partial charge in [-0.05, 0) is 36.2 Å². The third-order valence-electron chi connectivity index (χ3n) is 6.02. The van der Waals surface area contributed by atoms with E-state index < -0.39 is 82.3 Å². The smallest absolute Gasteiger partial charge is 0.311 e. The van der Waals surface area contributed by atoms with Crippen molar-refractivity contribution in [2.75, 3.05) is 17.6 Å². The molecule has 0 spiro atoms. The van der Waals surface area contributed by atoms with Crippen LogP contribution in [0.1, 0.15) is 32.8 Å². The Hall–Kier alpha value is -4.39. The van der Waals surface area contributed by atoms with Gasteiger partial charge in [0.1, 0.15) is 30.1 Å². The van der Waals surface area contributed by atoms with Gasteiger partial charge in [-0.1, -0.05) is 18.2 Å². The molecule has 0 aliphatic heterocycles. The normalized spacial score (nSPS) is 14.3. The topological polar surface area (TPSA) is 186 Å². The molecule has 1 aromatic heterocycles. The lowest BCUT2D eigenvalue weighted by Crippen LogP contribution is -2.56. The first-order valence-electron chi connectivity index (χ1n) is 12.0. The number of hydrogen-bond donors (Lipinski definition) is 4. The summed E-state index contributed by atoms with van der Waals surface area (Å²) < 4.78 is 57.0. The monoisotopic (exact) mass is 591 g/mol. The molecule has 2 aromatic carbocycles. The number of sulfonamides is 1. The second-order valence-electron chi connectivity index (χ2n) is 9.10. The van der Waals surface area contributed by atoms with Gasteiger partial charge in [0.2, 0.25) is 10.0 Å². The number of halogens is 2. The summed E-state index contributed by atoms with van der Waals surface area (Å²) in [6.07, 6.45) is -2.82. The predicted octanol–water partition coefficient (Wildman–Crippen LogP) is 1.12. The van der Waals surface area contributed by atoms with Gasteiger partial charge in [-0.15, -0.1) is 0 Å². The number of benzene rings is 2. The van der Waals surface area contributed by atoms with Crippen molar-refractivity contribution in [1.29, 1.82) is 5.26 Å². The molecule has 0 unspecified atom stereocenters. The summed E-state index contributed by atoms with van der Waals surface area (Å²) in [7, 11) is -2.63. The maximum Gasteiger partial charge on any atom is 0.311 e. The molecule has 0 bridgehead atoms. The summed E-state index contributed by atoms with van der Waals surface area (Å²) in [5, 5.41) is 36.2. The number of carbonyl (C=O) groups is 2. The first kappa shape index (κ1) is 31.1. The predicted molar refractivity (Wildman–Crippen MR) is 141 cm³/mol. The van der Waals surface area contributed by atoms with Crippen molar-refractivity contribution in [2.24, 2.45) is 0 Å². The lowest BCUT2D eigenvalue weighted by Gasteiger charge is -2.32. The second kappa shape index (κ2) is 13.3. The number of aromatic nitrogens is 1. The molecule has 0 aliphatic rings. The molecule has 41 heavy (non-hydrogen) atoms. The number of aliphatic hydroxyl groups is 2. The average Bonchev–Trinajstić information content (AvgIpc) is 3.41. The number of rotatable bonds is 12. The Morgan fingerprint density at radius 2 is 1.63 bits per heavy atom. The molecule has 0 aliphatic carbocycles. The Balaban J connectivity index is 1.88. The summed E-state index contributed by atoms with van der Waals surface area (Å²) in [5.41, 5.74) is -0.182. The highest BCUT2D eigenvalue weighted by molar-refractivity contribution is 7.92. The number of carbonyl (C=O) groups excluding carboxylic acids is 2. The molecule has 0 saturated carbocycles. The van der Waals surface area contributed by atoms with E-state index in [-0.39, 0.29) is 11.1 Å². The van der Waals surface area contributed by atoms with Crippen LogP contribution in [0.4, 0.5) is 14.8 Å². The van der Waals surface area contributed by atoms with Crippen molar-refractivity contribution in [3.05, 3.63) is 83.2 Å². The van der Waals surface area contributed by atoms with Gasteiger partial charge in [-0.25, -0.2) is 21.5 Å². The van der Waals surface area contributed by atoms with E-state index in [1.165, 1.54) is 12.1 Å². The van der Waals surface area contributed by atoms with Crippen molar-refractivity contribution >= 4 is 27.9 Å². The molecule has 0 fully saturated rings. The molecule has 0 saturated heterocycles. The van der Waals surface area contributed by atoms with Gasteiger partial charge in [0.15, 0.2) is 5.69 Å².